The molecule has 92 valence electrons. The van der Waals surface area contributed by atoms with E-state index in [1.54, 1.807) is 6.33 Å². The van der Waals surface area contributed by atoms with Gasteiger partial charge in [0.15, 0.2) is 0 Å². The first-order chi connectivity index (χ1) is 8.36. The van der Waals surface area contributed by atoms with E-state index < -0.39 is 0 Å². The largest absolute Gasteiger partial charge is 0.375 e. The summed E-state index contributed by atoms with van der Waals surface area (Å²) in [6.07, 6.45) is 9.99. The Morgan fingerprint density at radius 3 is 2.82 bits per heavy atom. The van der Waals surface area contributed by atoms with Crippen molar-refractivity contribution >= 4 is 0 Å². The van der Waals surface area contributed by atoms with Crippen LogP contribution in [0, 0.1) is 5.92 Å². The van der Waals surface area contributed by atoms with Crippen molar-refractivity contribution in [2.45, 2.75) is 31.3 Å². The molecule has 1 aromatic heterocycles. The number of ether oxygens (including phenoxy) is 1. The molecule has 3 heterocycles. The summed E-state index contributed by atoms with van der Waals surface area (Å²) in [6.45, 7) is 3.09. The summed E-state index contributed by atoms with van der Waals surface area (Å²) in [5.41, 5.74) is 1.40. The Bertz CT molecular complexity index is 362. The Morgan fingerprint density at radius 1 is 1.29 bits per heavy atom. The zero-order valence-electron chi connectivity index (χ0n) is 10.1. The van der Waals surface area contributed by atoms with E-state index in [-0.39, 0.29) is 5.60 Å². The average Bonchev–Trinajstić information content (AvgIpc) is 2.74. The van der Waals surface area contributed by atoms with E-state index in [2.05, 4.69) is 15.3 Å². The van der Waals surface area contributed by atoms with Gasteiger partial charge in [0, 0.05) is 12.4 Å². The molecule has 17 heavy (non-hydrogen) atoms. The van der Waals surface area contributed by atoms with Gasteiger partial charge in [-0.25, -0.2) is 9.97 Å². The highest BCUT2D eigenvalue weighted by Crippen LogP contribution is 2.38. The number of piperidine rings is 1. The monoisotopic (exact) mass is 233 g/mol. The van der Waals surface area contributed by atoms with Crippen LogP contribution in [0.4, 0.5) is 0 Å². The highest BCUT2D eigenvalue weighted by atomic mass is 16.5. The predicted molar refractivity (Wildman–Crippen MR) is 64.6 cm³/mol. The molecule has 4 heteroatoms. The maximum atomic E-state index is 6.09. The highest BCUT2D eigenvalue weighted by Gasteiger charge is 2.40. The summed E-state index contributed by atoms with van der Waals surface area (Å²) in [6, 6.07) is 0. The van der Waals surface area contributed by atoms with Crippen LogP contribution in [-0.2, 0) is 11.2 Å². The molecule has 0 aliphatic carbocycles. The molecule has 2 aliphatic heterocycles. The van der Waals surface area contributed by atoms with E-state index in [4.69, 9.17) is 4.74 Å². The van der Waals surface area contributed by atoms with Crippen molar-refractivity contribution in [2.24, 2.45) is 5.92 Å². The molecule has 2 aliphatic rings. The second kappa shape index (κ2) is 4.70. The van der Waals surface area contributed by atoms with Crippen LogP contribution in [0.5, 0.6) is 0 Å². The summed E-state index contributed by atoms with van der Waals surface area (Å²) in [4.78, 5) is 8.14. The van der Waals surface area contributed by atoms with Crippen LogP contribution in [0.15, 0.2) is 18.7 Å². The number of nitrogens with one attached hydrogen (secondary N) is 1. The van der Waals surface area contributed by atoms with E-state index in [0.29, 0.717) is 5.92 Å². The smallest absolute Gasteiger partial charge is 0.115 e. The molecule has 0 bridgehead atoms. The maximum absolute atomic E-state index is 6.09. The first-order valence-corrected chi connectivity index (χ1v) is 6.45. The highest BCUT2D eigenvalue weighted by molar-refractivity contribution is 5.05. The number of hydrogen-bond acceptors (Lipinski definition) is 4. The van der Waals surface area contributed by atoms with Crippen LogP contribution < -0.4 is 5.32 Å². The molecule has 0 radical (unpaired) electrons. The second-order valence-electron chi connectivity index (χ2n) is 5.27. The Kier molecular flexibility index (Phi) is 3.07. The SMILES string of the molecule is c1ncc(C[C@@H]2COC3(CCNCC3)C2)cn1. The first-order valence-electron chi connectivity index (χ1n) is 6.45. The molecular weight excluding hydrogens is 214 g/mol. The van der Waals surface area contributed by atoms with Gasteiger partial charge in [-0.3, -0.25) is 0 Å². The van der Waals surface area contributed by atoms with Gasteiger partial charge in [0.1, 0.15) is 6.33 Å². The normalized spacial score (nSPS) is 27.4. The molecule has 1 N–H and O–H groups in total. The first kappa shape index (κ1) is 11.1. The van der Waals surface area contributed by atoms with Gasteiger partial charge in [-0.1, -0.05) is 0 Å². The van der Waals surface area contributed by atoms with Crippen molar-refractivity contribution < 1.29 is 4.74 Å². The lowest BCUT2D eigenvalue weighted by molar-refractivity contribution is -0.0196. The molecule has 0 unspecified atom stereocenters. The molecule has 3 rings (SSSR count). The van der Waals surface area contributed by atoms with Gasteiger partial charge in [-0.15, -0.1) is 0 Å². The third-order valence-electron chi connectivity index (χ3n) is 3.94. The van der Waals surface area contributed by atoms with E-state index in [0.717, 1.165) is 39.0 Å². The Hall–Kier alpha value is -1.00. The van der Waals surface area contributed by atoms with Crippen molar-refractivity contribution in [1.29, 1.82) is 0 Å². The summed E-state index contributed by atoms with van der Waals surface area (Å²) in [5, 5.41) is 3.40. The maximum Gasteiger partial charge on any atom is 0.115 e. The van der Waals surface area contributed by atoms with Crippen LogP contribution in [0.25, 0.3) is 0 Å². The van der Waals surface area contributed by atoms with Gasteiger partial charge in [-0.05, 0) is 50.3 Å². The van der Waals surface area contributed by atoms with Gasteiger partial charge < -0.3 is 10.1 Å². The van der Waals surface area contributed by atoms with E-state index in [9.17, 15) is 0 Å². The zero-order valence-corrected chi connectivity index (χ0v) is 10.1. The van der Waals surface area contributed by atoms with Crippen LogP contribution in [0.3, 0.4) is 0 Å². The van der Waals surface area contributed by atoms with Crippen LogP contribution in [-0.4, -0.2) is 35.3 Å². The molecular formula is C13H19N3O. The quantitative estimate of drug-likeness (QED) is 0.833. The summed E-state index contributed by atoms with van der Waals surface area (Å²) >= 11 is 0. The molecule has 2 saturated heterocycles. The van der Waals surface area contributed by atoms with Crippen LogP contribution in [0.1, 0.15) is 24.8 Å². The molecule has 0 saturated carbocycles. The van der Waals surface area contributed by atoms with E-state index in [1.807, 2.05) is 12.4 Å². The standard InChI is InChI=1S/C13H19N3O/c1-3-14-4-2-13(1)6-11(9-17-13)5-12-7-15-10-16-8-12/h7-8,10-11,14H,1-6,9H2/t11-/m0/s1. The van der Waals surface area contributed by atoms with Gasteiger partial charge in [-0.2, -0.15) is 0 Å². The molecule has 1 aromatic rings. The topological polar surface area (TPSA) is 47.0 Å². The number of nitrogens with zero attached hydrogens (tertiary/aromatic N) is 2. The minimum Gasteiger partial charge on any atom is -0.375 e. The van der Waals surface area contributed by atoms with E-state index >= 15 is 0 Å². The van der Waals surface area contributed by atoms with Gasteiger partial charge in [0.2, 0.25) is 0 Å². The average molecular weight is 233 g/mol. The van der Waals surface area contributed by atoms with Crippen LogP contribution >= 0.6 is 0 Å². The Labute approximate surface area is 102 Å². The van der Waals surface area contributed by atoms with Gasteiger partial charge in [0.05, 0.1) is 12.2 Å². The fraction of sp³-hybridized carbons (Fsp3) is 0.692. The molecule has 0 amide bonds. The molecule has 4 nitrogen and oxygen atoms in total. The van der Waals surface area contributed by atoms with E-state index in [1.165, 1.54) is 12.0 Å². The summed E-state index contributed by atoms with van der Waals surface area (Å²) in [5.74, 6) is 0.638. The third-order valence-corrected chi connectivity index (χ3v) is 3.94. The molecule has 1 spiro atoms. The van der Waals surface area contributed by atoms with Gasteiger partial charge >= 0.3 is 0 Å². The molecule has 2 fully saturated rings. The lowest BCUT2D eigenvalue weighted by atomic mass is 9.84. The number of rotatable bonds is 2. The summed E-state index contributed by atoms with van der Waals surface area (Å²) < 4.78 is 6.09. The molecule has 1 atom stereocenters. The lowest BCUT2D eigenvalue weighted by Crippen LogP contribution is -2.41. The second-order valence-corrected chi connectivity index (χ2v) is 5.27. The minimum absolute atomic E-state index is 0.172. The minimum atomic E-state index is 0.172. The lowest BCUT2D eigenvalue weighted by Gasteiger charge is -2.33. The van der Waals surface area contributed by atoms with Crippen molar-refractivity contribution in [3.05, 3.63) is 24.3 Å². The molecule has 0 aromatic carbocycles. The fourth-order valence-corrected chi connectivity index (χ4v) is 3.07. The van der Waals surface area contributed by atoms with Crippen molar-refractivity contribution in [2.75, 3.05) is 19.7 Å². The van der Waals surface area contributed by atoms with Crippen LogP contribution in [0.2, 0.25) is 0 Å². The summed E-state index contributed by atoms with van der Waals surface area (Å²) in [7, 11) is 0. The third kappa shape index (κ3) is 2.48. The predicted octanol–water partition coefficient (Wildman–Crippen LogP) is 1.18. The fourth-order valence-electron chi connectivity index (χ4n) is 3.07. The van der Waals surface area contributed by atoms with Crippen molar-refractivity contribution in [1.82, 2.24) is 15.3 Å². The van der Waals surface area contributed by atoms with Crippen molar-refractivity contribution in [3.63, 3.8) is 0 Å². The number of hydrogen-bond donors (Lipinski definition) is 1. The Morgan fingerprint density at radius 2 is 2.06 bits per heavy atom. The van der Waals surface area contributed by atoms with Crippen molar-refractivity contribution in [3.8, 4) is 0 Å². The van der Waals surface area contributed by atoms with Gasteiger partial charge in [0.25, 0.3) is 0 Å². The number of aromatic nitrogens is 2. The Balaban J connectivity index is 1.60. The zero-order chi connectivity index (χ0) is 11.6.